The average Bonchev–Trinajstić information content (AvgIpc) is 2.37. The predicted molar refractivity (Wildman–Crippen MR) is 66.6 cm³/mol. The Bertz CT molecular complexity index is 656. The molecule has 0 spiro atoms. The van der Waals surface area contributed by atoms with E-state index in [-0.39, 0.29) is 0 Å². The number of carbonyl (C=O) groups excluding carboxylic acids is 1. The first kappa shape index (κ1) is 11.9. The summed E-state index contributed by atoms with van der Waals surface area (Å²) in [6, 6.07) is 12.5. The van der Waals surface area contributed by atoms with E-state index >= 15 is 0 Å². The van der Waals surface area contributed by atoms with E-state index in [4.69, 9.17) is 10.2 Å². The number of rotatable bonds is 3. The van der Waals surface area contributed by atoms with Crippen molar-refractivity contribution in [1.29, 1.82) is 0 Å². The normalized spacial score (nSPS) is 11.4. The standard InChI is InChI=1S/C14H10O4/c15-12(8-13(16)14(17)18)11-6-5-9-3-1-2-4-10(9)7-11/h1-8,16H,(H,17,18)/b13-8+. The molecular formula is C14H10O4. The molecule has 0 aliphatic rings. The molecule has 0 radical (unpaired) electrons. The molecule has 90 valence electrons. The Labute approximate surface area is 103 Å². The number of hydrogen-bond donors (Lipinski definition) is 2. The second-order valence-corrected chi connectivity index (χ2v) is 3.76. The number of ketones is 1. The Kier molecular flexibility index (Phi) is 3.10. The van der Waals surface area contributed by atoms with Crippen LogP contribution < -0.4 is 0 Å². The molecule has 0 aliphatic carbocycles. The first-order valence-corrected chi connectivity index (χ1v) is 5.25. The molecular weight excluding hydrogens is 232 g/mol. The minimum Gasteiger partial charge on any atom is -0.502 e. The van der Waals surface area contributed by atoms with Gasteiger partial charge in [0.15, 0.2) is 5.78 Å². The fourth-order valence-electron chi connectivity index (χ4n) is 1.61. The average molecular weight is 242 g/mol. The maximum Gasteiger partial charge on any atom is 0.371 e. The summed E-state index contributed by atoms with van der Waals surface area (Å²) in [4.78, 5) is 22.1. The summed E-state index contributed by atoms with van der Waals surface area (Å²) < 4.78 is 0. The van der Waals surface area contributed by atoms with Crippen molar-refractivity contribution < 1.29 is 19.8 Å². The van der Waals surface area contributed by atoms with Gasteiger partial charge in [-0.1, -0.05) is 36.4 Å². The topological polar surface area (TPSA) is 74.6 Å². The van der Waals surface area contributed by atoms with Crippen LogP contribution in [0.25, 0.3) is 10.8 Å². The van der Waals surface area contributed by atoms with Crippen molar-refractivity contribution in [2.75, 3.05) is 0 Å². The van der Waals surface area contributed by atoms with Crippen LogP contribution in [0.2, 0.25) is 0 Å². The van der Waals surface area contributed by atoms with E-state index in [2.05, 4.69) is 0 Å². The quantitative estimate of drug-likeness (QED) is 0.492. The van der Waals surface area contributed by atoms with Gasteiger partial charge in [0.2, 0.25) is 5.76 Å². The number of aliphatic hydroxyl groups is 1. The lowest BCUT2D eigenvalue weighted by Crippen LogP contribution is -2.03. The van der Waals surface area contributed by atoms with Gasteiger partial charge >= 0.3 is 5.97 Å². The van der Waals surface area contributed by atoms with Crippen LogP contribution in [-0.4, -0.2) is 22.0 Å². The molecule has 2 aromatic rings. The van der Waals surface area contributed by atoms with Gasteiger partial charge in [0.05, 0.1) is 0 Å². The zero-order valence-electron chi connectivity index (χ0n) is 9.33. The van der Waals surface area contributed by atoms with Gasteiger partial charge in [0, 0.05) is 11.6 Å². The minimum absolute atomic E-state index is 0.335. The van der Waals surface area contributed by atoms with Gasteiger partial charge in [0.25, 0.3) is 0 Å². The van der Waals surface area contributed by atoms with Gasteiger partial charge in [-0.15, -0.1) is 0 Å². The van der Waals surface area contributed by atoms with Crippen LogP contribution in [0.15, 0.2) is 54.3 Å². The number of carboxylic acids is 1. The van der Waals surface area contributed by atoms with Crippen LogP contribution in [0.4, 0.5) is 0 Å². The molecule has 0 aromatic heterocycles. The van der Waals surface area contributed by atoms with Gasteiger partial charge in [-0.25, -0.2) is 4.79 Å². The molecule has 0 fully saturated rings. The predicted octanol–water partition coefficient (Wildman–Crippen LogP) is 2.55. The van der Waals surface area contributed by atoms with Crippen molar-refractivity contribution in [1.82, 2.24) is 0 Å². The van der Waals surface area contributed by atoms with Crippen LogP contribution in [0.1, 0.15) is 10.4 Å². The summed E-state index contributed by atoms with van der Waals surface area (Å²) in [5, 5.41) is 19.4. The fourth-order valence-corrected chi connectivity index (χ4v) is 1.61. The highest BCUT2D eigenvalue weighted by molar-refractivity contribution is 6.09. The highest BCUT2D eigenvalue weighted by Gasteiger charge is 2.09. The van der Waals surface area contributed by atoms with Crippen molar-refractivity contribution in [3.63, 3.8) is 0 Å². The zero-order valence-corrected chi connectivity index (χ0v) is 9.33. The Morgan fingerprint density at radius 3 is 2.28 bits per heavy atom. The number of carboxylic acid groups (broad SMARTS) is 1. The maximum absolute atomic E-state index is 11.7. The van der Waals surface area contributed by atoms with E-state index in [1.165, 1.54) is 0 Å². The number of allylic oxidation sites excluding steroid dienone is 1. The smallest absolute Gasteiger partial charge is 0.371 e. The summed E-state index contributed by atoms with van der Waals surface area (Å²) in [5.74, 6) is -3.03. The Morgan fingerprint density at radius 1 is 0.944 bits per heavy atom. The maximum atomic E-state index is 11.7. The number of carbonyl (C=O) groups is 2. The number of aliphatic hydroxyl groups excluding tert-OH is 1. The van der Waals surface area contributed by atoms with Crippen molar-refractivity contribution in [2.45, 2.75) is 0 Å². The SMILES string of the molecule is O=C(O)/C(O)=C\C(=O)c1ccc2ccccc2c1. The van der Waals surface area contributed by atoms with Crippen LogP contribution >= 0.6 is 0 Å². The molecule has 0 atom stereocenters. The fraction of sp³-hybridized carbons (Fsp3) is 0. The van der Waals surface area contributed by atoms with Crippen LogP contribution in [0.3, 0.4) is 0 Å². The zero-order chi connectivity index (χ0) is 13.1. The highest BCUT2D eigenvalue weighted by atomic mass is 16.4. The third-order valence-electron chi connectivity index (χ3n) is 2.52. The van der Waals surface area contributed by atoms with Crippen LogP contribution in [0.5, 0.6) is 0 Å². The van der Waals surface area contributed by atoms with Gasteiger partial charge in [-0.2, -0.15) is 0 Å². The van der Waals surface area contributed by atoms with Gasteiger partial charge < -0.3 is 10.2 Å². The molecule has 0 heterocycles. The monoisotopic (exact) mass is 242 g/mol. The molecule has 4 heteroatoms. The van der Waals surface area contributed by atoms with Crippen molar-refractivity contribution in [2.24, 2.45) is 0 Å². The van der Waals surface area contributed by atoms with E-state index in [9.17, 15) is 9.59 Å². The molecule has 0 amide bonds. The van der Waals surface area contributed by atoms with Crippen LogP contribution in [-0.2, 0) is 4.79 Å². The van der Waals surface area contributed by atoms with Gasteiger partial charge in [-0.3, -0.25) is 4.79 Å². The number of hydrogen-bond acceptors (Lipinski definition) is 3. The molecule has 2 aromatic carbocycles. The van der Waals surface area contributed by atoms with Crippen molar-refractivity contribution >= 4 is 22.5 Å². The van der Waals surface area contributed by atoms with E-state index < -0.39 is 17.5 Å². The number of fused-ring (bicyclic) bond motifs is 1. The van der Waals surface area contributed by atoms with Gasteiger partial charge in [0.1, 0.15) is 0 Å². The second kappa shape index (κ2) is 4.71. The van der Waals surface area contributed by atoms with Gasteiger partial charge in [-0.05, 0) is 16.8 Å². The summed E-state index contributed by atoms with van der Waals surface area (Å²) in [6.45, 7) is 0. The van der Waals surface area contributed by atoms with E-state index in [1.807, 2.05) is 24.3 Å². The first-order chi connectivity index (χ1) is 8.58. The summed E-state index contributed by atoms with van der Waals surface area (Å²) in [6.07, 6.45) is 0.701. The third-order valence-corrected chi connectivity index (χ3v) is 2.52. The first-order valence-electron chi connectivity index (χ1n) is 5.25. The summed E-state index contributed by atoms with van der Waals surface area (Å²) >= 11 is 0. The Morgan fingerprint density at radius 2 is 1.61 bits per heavy atom. The van der Waals surface area contributed by atoms with E-state index in [0.717, 1.165) is 10.8 Å². The third kappa shape index (κ3) is 2.38. The van der Waals surface area contributed by atoms with Crippen molar-refractivity contribution in [3.8, 4) is 0 Å². The lowest BCUT2D eigenvalue weighted by molar-refractivity contribution is -0.135. The van der Waals surface area contributed by atoms with Crippen LogP contribution in [0, 0.1) is 0 Å². The molecule has 2 rings (SSSR count). The molecule has 0 bridgehead atoms. The Hall–Kier alpha value is -2.62. The lowest BCUT2D eigenvalue weighted by atomic mass is 10.0. The molecule has 0 saturated heterocycles. The van der Waals surface area contributed by atoms with Crippen molar-refractivity contribution in [3.05, 3.63) is 59.9 Å². The van der Waals surface area contributed by atoms with E-state index in [1.54, 1.807) is 18.2 Å². The Balaban J connectivity index is 2.40. The molecule has 0 aliphatic heterocycles. The molecule has 0 saturated carbocycles. The molecule has 18 heavy (non-hydrogen) atoms. The number of benzene rings is 2. The largest absolute Gasteiger partial charge is 0.502 e. The molecule has 0 unspecified atom stereocenters. The second-order valence-electron chi connectivity index (χ2n) is 3.76. The minimum atomic E-state index is -1.52. The number of aliphatic carboxylic acids is 1. The highest BCUT2D eigenvalue weighted by Crippen LogP contribution is 2.16. The molecule has 2 N–H and O–H groups in total. The lowest BCUT2D eigenvalue weighted by Gasteiger charge is -2.00. The summed E-state index contributed by atoms with van der Waals surface area (Å²) in [5.41, 5.74) is 0.335. The van der Waals surface area contributed by atoms with E-state index in [0.29, 0.717) is 11.6 Å². The summed E-state index contributed by atoms with van der Waals surface area (Å²) in [7, 11) is 0. The molecule has 4 nitrogen and oxygen atoms in total.